The molecule has 7 nitrogen and oxygen atoms in total. The molecule has 1 unspecified atom stereocenters. The summed E-state index contributed by atoms with van der Waals surface area (Å²) < 4.78 is 31.3. The van der Waals surface area contributed by atoms with Crippen LogP contribution in [-0.4, -0.2) is 47.3 Å². The molecule has 1 N–H and O–H groups in total. The third-order valence-corrected chi connectivity index (χ3v) is 6.66. The molecule has 1 aliphatic heterocycles. The number of amides is 1. The van der Waals surface area contributed by atoms with Gasteiger partial charge < -0.3 is 15.0 Å². The maximum absolute atomic E-state index is 12.8. The number of nitrogens with one attached hydrogen (secondary N) is 1. The maximum Gasteiger partial charge on any atom is 0.241 e. The fourth-order valence-corrected chi connectivity index (χ4v) is 4.68. The van der Waals surface area contributed by atoms with Crippen LogP contribution in [0.25, 0.3) is 0 Å². The van der Waals surface area contributed by atoms with Gasteiger partial charge in [0.25, 0.3) is 0 Å². The molecule has 31 heavy (non-hydrogen) atoms. The van der Waals surface area contributed by atoms with E-state index in [1.165, 1.54) is 25.6 Å². The lowest BCUT2D eigenvalue weighted by atomic mass is 10.1. The molecule has 1 fully saturated rings. The number of anilines is 2. The van der Waals surface area contributed by atoms with E-state index in [0.29, 0.717) is 11.4 Å². The summed E-state index contributed by atoms with van der Waals surface area (Å²) in [6.07, 6.45) is 3.52. The molecule has 1 atom stereocenters. The van der Waals surface area contributed by atoms with Crippen molar-refractivity contribution < 1.29 is 17.9 Å². The van der Waals surface area contributed by atoms with E-state index in [4.69, 9.17) is 4.74 Å². The zero-order valence-corrected chi connectivity index (χ0v) is 19.4. The highest BCUT2D eigenvalue weighted by atomic mass is 32.2. The smallest absolute Gasteiger partial charge is 0.241 e. The quantitative estimate of drug-likeness (QED) is 0.675. The Labute approximate surface area is 185 Å². The fourth-order valence-electron chi connectivity index (χ4n) is 3.83. The van der Waals surface area contributed by atoms with Gasteiger partial charge in [-0.2, -0.15) is 0 Å². The van der Waals surface area contributed by atoms with Crippen molar-refractivity contribution in [1.29, 1.82) is 0 Å². The van der Waals surface area contributed by atoms with Crippen LogP contribution in [0, 0.1) is 6.92 Å². The average Bonchev–Trinajstić information content (AvgIpc) is 3.26. The Morgan fingerprint density at radius 2 is 1.81 bits per heavy atom. The number of carbonyl (C=O) groups is 1. The Kier molecular flexibility index (Phi) is 7.10. The summed E-state index contributed by atoms with van der Waals surface area (Å²) in [4.78, 5) is 15.1. The summed E-state index contributed by atoms with van der Waals surface area (Å²) in [7, 11) is -2.22. The number of carbonyl (C=O) groups excluding carboxylic acids is 1. The van der Waals surface area contributed by atoms with Gasteiger partial charge in [-0.3, -0.25) is 9.10 Å². The number of hydrogen-bond acceptors (Lipinski definition) is 5. The van der Waals surface area contributed by atoms with Crippen LogP contribution in [0.5, 0.6) is 5.75 Å². The number of rotatable bonds is 8. The number of hydrogen-bond donors (Lipinski definition) is 1. The number of benzene rings is 2. The van der Waals surface area contributed by atoms with Gasteiger partial charge in [0.2, 0.25) is 15.9 Å². The molecular weight excluding hydrogens is 414 g/mol. The van der Waals surface area contributed by atoms with Crippen molar-refractivity contribution in [1.82, 2.24) is 5.32 Å². The molecule has 0 aliphatic carbocycles. The van der Waals surface area contributed by atoms with Gasteiger partial charge in [0.05, 0.1) is 25.1 Å². The van der Waals surface area contributed by atoms with Crippen LogP contribution in [0.1, 0.15) is 36.9 Å². The molecule has 0 bridgehead atoms. The van der Waals surface area contributed by atoms with Crippen LogP contribution in [0.15, 0.2) is 42.5 Å². The van der Waals surface area contributed by atoms with Gasteiger partial charge >= 0.3 is 0 Å². The molecule has 0 saturated carbocycles. The minimum atomic E-state index is -3.69. The second-order valence-corrected chi connectivity index (χ2v) is 9.93. The van der Waals surface area contributed by atoms with Crippen molar-refractivity contribution >= 4 is 27.3 Å². The summed E-state index contributed by atoms with van der Waals surface area (Å²) in [6, 6.07) is 13.1. The predicted octanol–water partition coefficient (Wildman–Crippen LogP) is 3.25. The number of sulfonamides is 1. The molecule has 1 amide bonds. The van der Waals surface area contributed by atoms with Crippen molar-refractivity contribution in [2.24, 2.45) is 0 Å². The van der Waals surface area contributed by atoms with Gasteiger partial charge in [-0.25, -0.2) is 8.42 Å². The Hall–Kier alpha value is -2.74. The van der Waals surface area contributed by atoms with E-state index < -0.39 is 10.0 Å². The number of aryl methyl sites for hydroxylation is 1. The van der Waals surface area contributed by atoms with Gasteiger partial charge in [-0.1, -0.05) is 18.2 Å². The van der Waals surface area contributed by atoms with E-state index in [9.17, 15) is 13.2 Å². The normalized spacial score (nSPS) is 14.9. The number of ether oxygens (including phenoxy) is 1. The SMILES string of the molecule is COc1ccc(C)cc1N(CC(=O)NC(C)c1ccc(N2CCCC2)cc1)S(C)(=O)=O. The van der Waals surface area contributed by atoms with Crippen molar-refractivity contribution in [2.75, 3.05) is 42.2 Å². The Morgan fingerprint density at radius 1 is 1.16 bits per heavy atom. The van der Waals surface area contributed by atoms with E-state index in [1.54, 1.807) is 12.1 Å². The molecule has 2 aromatic carbocycles. The Bertz CT molecular complexity index is 1020. The van der Waals surface area contributed by atoms with Crippen molar-refractivity contribution in [3.8, 4) is 5.75 Å². The topological polar surface area (TPSA) is 79.0 Å². The standard InChI is InChI=1S/C23H31N3O4S/c1-17-7-12-22(30-3)21(15-17)26(31(4,28)29)16-23(27)24-18(2)19-8-10-20(11-9-19)25-13-5-6-14-25/h7-12,15,18H,5-6,13-14,16H2,1-4H3,(H,24,27). The fraction of sp³-hybridized carbons (Fsp3) is 0.435. The molecule has 1 heterocycles. The largest absolute Gasteiger partial charge is 0.495 e. The minimum Gasteiger partial charge on any atom is -0.495 e. The van der Waals surface area contributed by atoms with E-state index >= 15 is 0 Å². The van der Waals surface area contributed by atoms with Gasteiger partial charge in [0.15, 0.2) is 0 Å². The van der Waals surface area contributed by atoms with Crippen LogP contribution < -0.4 is 19.3 Å². The monoisotopic (exact) mass is 445 g/mol. The van der Waals surface area contributed by atoms with Crippen molar-refractivity contribution in [3.05, 3.63) is 53.6 Å². The third kappa shape index (κ3) is 5.70. The van der Waals surface area contributed by atoms with E-state index in [-0.39, 0.29) is 18.5 Å². The van der Waals surface area contributed by atoms with Crippen LogP contribution in [-0.2, 0) is 14.8 Å². The Balaban J connectivity index is 1.72. The first-order chi connectivity index (χ1) is 14.7. The second-order valence-electron chi connectivity index (χ2n) is 8.02. The molecule has 0 radical (unpaired) electrons. The average molecular weight is 446 g/mol. The van der Waals surface area contributed by atoms with Crippen molar-refractivity contribution in [2.45, 2.75) is 32.7 Å². The molecule has 3 rings (SSSR count). The van der Waals surface area contributed by atoms with E-state index in [2.05, 4.69) is 22.3 Å². The van der Waals surface area contributed by atoms with Gasteiger partial charge in [0.1, 0.15) is 12.3 Å². The second kappa shape index (κ2) is 9.60. The Morgan fingerprint density at radius 3 is 2.39 bits per heavy atom. The lowest BCUT2D eigenvalue weighted by Crippen LogP contribution is -2.41. The summed E-state index contributed by atoms with van der Waals surface area (Å²) in [5.74, 6) is 0.0134. The molecule has 168 valence electrons. The molecule has 2 aromatic rings. The zero-order chi connectivity index (χ0) is 22.6. The van der Waals surface area contributed by atoms with E-state index in [1.807, 2.05) is 32.0 Å². The van der Waals surface area contributed by atoms with Crippen LogP contribution in [0.3, 0.4) is 0 Å². The third-order valence-electron chi connectivity index (χ3n) is 5.53. The number of methoxy groups -OCH3 is 1. The highest BCUT2D eigenvalue weighted by Crippen LogP contribution is 2.31. The molecule has 0 spiro atoms. The van der Waals surface area contributed by atoms with Crippen LogP contribution in [0.4, 0.5) is 11.4 Å². The summed E-state index contributed by atoms with van der Waals surface area (Å²) in [6.45, 7) is 5.58. The van der Waals surface area contributed by atoms with Crippen LogP contribution >= 0.6 is 0 Å². The zero-order valence-electron chi connectivity index (χ0n) is 18.6. The van der Waals surface area contributed by atoms with Gasteiger partial charge in [0, 0.05) is 18.8 Å². The molecular formula is C23H31N3O4S. The first-order valence-electron chi connectivity index (χ1n) is 10.5. The first kappa shape index (κ1) is 22.9. The highest BCUT2D eigenvalue weighted by Gasteiger charge is 2.25. The van der Waals surface area contributed by atoms with Gasteiger partial charge in [-0.05, 0) is 62.1 Å². The minimum absolute atomic E-state index is 0.249. The predicted molar refractivity (Wildman–Crippen MR) is 124 cm³/mol. The highest BCUT2D eigenvalue weighted by molar-refractivity contribution is 7.92. The van der Waals surface area contributed by atoms with Crippen LogP contribution in [0.2, 0.25) is 0 Å². The van der Waals surface area contributed by atoms with E-state index in [0.717, 1.165) is 34.8 Å². The first-order valence-corrected chi connectivity index (χ1v) is 12.3. The lowest BCUT2D eigenvalue weighted by molar-refractivity contribution is -0.120. The maximum atomic E-state index is 12.8. The molecule has 1 saturated heterocycles. The van der Waals surface area contributed by atoms with Crippen molar-refractivity contribution in [3.63, 3.8) is 0 Å². The summed E-state index contributed by atoms with van der Waals surface area (Å²) in [5.41, 5.74) is 3.38. The molecule has 0 aromatic heterocycles. The summed E-state index contributed by atoms with van der Waals surface area (Å²) in [5, 5.41) is 2.91. The summed E-state index contributed by atoms with van der Waals surface area (Å²) >= 11 is 0. The number of nitrogens with zero attached hydrogens (tertiary/aromatic N) is 2. The van der Waals surface area contributed by atoms with Gasteiger partial charge in [-0.15, -0.1) is 0 Å². The molecule has 8 heteroatoms. The lowest BCUT2D eigenvalue weighted by Gasteiger charge is -2.25. The molecule has 1 aliphatic rings.